The second-order valence-electron chi connectivity index (χ2n) is 11.4. The molecular weight excluding hydrogens is 612 g/mol. The van der Waals surface area contributed by atoms with Gasteiger partial charge in [-0.05, 0) is 73.1 Å². The molecule has 3 aromatic rings. The number of hydrazone groups is 1. The van der Waals surface area contributed by atoms with Gasteiger partial charge in [-0.3, -0.25) is 24.4 Å². The number of hydrogen-bond donors (Lipinski definition) is 3. The highest BCUT2D eigenvalue weighted by Gasteiger charge is 2.24. The van der Waals surface area contributed by atoms with Crippen LogP contribution in [-0.2, 0) is 25.7 Å². The minimum Gasteiger partial charge on any atom is -0.494 e. The molecule has 0 bridgehead atoms. The van der Waals surface area contributed by atoms with Gasteiger partial charge in [-0.1, -0.05) is 66.7 Å². The zero-order chi connectivity index (χ0) is 34.0. The smallest absolute Gasteiger partial charge is 0.306 e. The number of nitrogens with zero attached hydrogens (tertiary/aromatic N) is 2. The first-order chi connectivity index (χ1) is 23.4. The van der Waals surface area contributed by atoms with Gasteiger partial charge in [0.25, 0.3) is 5.91 Å². The van der Waals surface area contributed by atoms with Crippen LogP contribution in [0.3, 0.4) is 0 Å². The number of hydroxylamine groups is 1. The highest BCUT2D eigenvalue weighted by molar-refractivity contribution is 5.95. The van der Waals surface area contributed by atoms with Crippen molar-refractivity contribution in [2.24, 2.45) is 5.10 Å². The Bertz CT molecular complexity index is 1570. The molecule has 0 aliphatic carbocycles. The third kappa shape index (κ3) is 12.1. The highest BCUT2D eigenvalue weighted by atomic mass is 16.5. The fourth-order valence-corrected chi connectivity index (χ4v) is 5.11. The van der Waals surface area contributed by atoms with E-state index in [2.05, 4.69) is 10.5 Å². The van der Waals surface area contributed by atoms with Crippen LogP contribution in [0.2, 0.25) is 0 Å². The average molecular weight is 655 g/mol. The average Bonchev–Trinajstić information content (AvgIpc) is 3.10. The third-order valence-electron chi connectivity index (χ3n) is 7.63. The van der Waals surface area contributed by atoms with E-state index in [0.717, 1.165) is 29.5 Å². The molecule has 3 N–H and O–H groups in total. The molecule has 11 nitrogen and oxygen atoms in total. The van der Waals surface area contributed by atoms with Crippen LogP contribution in [0, 0.1) is 0 Å². The van der Waals surface area contributed by atoms with Crippen molar-refractivity contribution in [3.63, 3.8) is 0 Å². The number of ether oxygens (including phenoxy) is 2. The van der Waals surface area contributed by atoms with Crippen LogP contribution in [0.5, 0.6) is 5.75 Å². The first kappa shape index (κ1) is 35.6. The Kier molecular flexibility index (Phi) is 14.4. The van der Waals surface area contributed by atoms with Crippen molar-refractivity contribution >= 4 is 29.9 Å². The molecular formula is C37H42N4O7. The number of hydrogen-bond acceptors (Lipinski definition) is 8. The van der Waals surface area contributed by atoms with E-state index in [1.807, 2.05) is 66.7 Å². The van der Waals surface area contributed by atoms with Crippen molar-refractivity contribution < 1.29 is 33.9 Å². The largest absolute Gasteiger partial charge is 0.494 e. The highest BCUT2D eigenvalue weighted by Crippen LogP contribution is 2.23. The lowest BCUT2D eigenvalue weighted by Gasteiger charge is -2.28. The maximum Gasteiger partial charge on any atom is 0.306 e. The number of esters is 1. The zero-order valence-corrected chi connectivity index (χ0v) is 26.9. The van der Waals surface area contributed by atoms with E-state index >= 15 is 0 Å². The van der Waals surface area contributed by atoms with Crippen LogP contribution in [0.25, 0.3) is 0 Å². The van der Waals surface area contributed by atoms with E-state index in [9.17, 15) is 19.2 Å². The van der Waals surface area contributed by atoms with E-state index in [0.29, 0.717) is 50.1 Å². The van der Waals surface area contributed by atoms with Crippen LogP contribution in [-0.4, -0.2) is 53.2 Å². The topological polar surface area (TPSA) is 147 Å². The molecule has 0 saturated carbocycles. The van der Waals surface area contributed by atoms with Gasteiger partial charge in [0.2, 0.25) is 11.8 Å². The van der Waals surface area contributed by atoms with Gasteiger partial charge in [-0.15, -0.1) is 0 Å². The summed E-state index contributed by atoms with van der Waals surface area (Å²) in [6, 6.07) is 23.8. The first-order valence-electron chi connectivity index (χ1n) is 16.2. The summed E-state index contributed by atoms with van der Waals surface area (Å²) in [7, 11) is 0. The van der Waals surface area contributed by atoms with Crippen molar-refractivity contribution in [3.05, 3.63) is 113 Å². The Morgan fingerprint density at radius 3 is 2.54 bits per heavy atom. The summed E-state index contributed by atoms with van der Waals surface area (Å²) in [6.45, 7) is 0.958. The second-order valence-corrected chi connectivity index (χ2v) is 11.4. The quantitative estimate of drug-likeness (QED) is 0.0540. The SMILES string of the molecule is O=C(CCCCCOc1cccc(C(=O)N/N=C/c2cccc(CN3C[C@@H](c4ccccc4)OC(=O)CC/C=C/CCC3=O)c2)c1)NO. The van der Waals surface area contributed by atoms with Crippen LogP contribution in [0.4, 0.5) is 0 Å². The summed E-state index contributed by atoms with van der Waals surface area (Å²) < 4.78 is 11.6. The fraction of sp³-hybridized carbons (Fsp3) is 0.324. The van der Waals surface area contributed by atoms with Gasteiger partial charge in [0.1, 0.15) is 11.9 Å². The maximum absolute atomic E-state index is 13.4. The van der Waals surface area contributed by atoms with Crippen molar-refractivity contribution in [2.45, 2.75) is 64.0 Å². The van der Waals surface area contributed by atoms with Crippen molar-refractivity contribution in [1.29, 1.82) is 0 Å². The molecule has 252 valence electrons. The Labute approximate surface area is 280 Å². The van der Waals surface area contributed by atoms with Gasteiger partial charge in [0, 0.05) is 31.4 Å². The number of amides is 3. The molecule has 1 aliphatic heterocycles. The Morgan fingerprint density at radius 2 is 1.73 bits per heavy atom. The molecule has 1 atom stereocenters. The minimum absolute atomic E-state index is 0.0400. The molecule has 0 unspecified atom stereocenters. The molecule has 1 heterocycles. The van der Waals surface area contributed by atoms with Gasteiger partial charge in [-0.25, -0.2) is 10.9 Å². The molecule has 3 amide bonds. The fourth-order valence-electron chi connectivity index (χ4n) is 5.11. The normalized spacial score (nSPS) is 16.4. The maximum atomic E-state index is 13.4. The molecule has 0 radical (unpaired) electrons. The number of cyclic esters (lactones) is 1. The lowest BCUT2D eigenvalue weighted by Crippen LogP contribution is -2.35. The molecule has 48 heavy (non-hydrogen) atoms. The van der Waals surface area contributed by atoms with Crippen molar-refractivity contribution in [1.82, 2.24) is 15.8 Å². The summed E-state index contributed by atoms with van der Waals surface area (Å²) in [5.41, 5.74) is 6.97. The van der Waals surface area contributed by atoms with Crippen LogP contribution in [0.15, 0.2) is 96.1 Å². The monoisotopic (exact) mass is 654 g/mol. The molecule has 4 rings (SSSR count). The Morgan fingerprint density at radius 1 is 0.938 bits per heavy atom. The lowest BCUT2D eigenvalue weighted by molar-refractivity contribution is -0.152. The number of benzene rings is 3. The summed E-state index contributed by atoms with van der Waals surface area (Å²) >= 11 is 0. The summed E-state index contributed by atoms with van der Waals surface area (Å²) in [6.07, 6.45) is 8.96. The molecule has 3 aromatic carbocycles. The number of carbonyl (C=O) groups is 4. The van der Waals surface area contributed by atoms with Crippen molar-refractivity contribution in [3.8, 4) is 5.75 Å². The van der Waals surface area contributed by atoms with Crippen molar-refractivity contribution in [2.75, 3.05) is 13.2 Å². The van der Waals surface area contributed by atoms with Crippen LogP contribution in [0.1, 0.15) is 84.5 Å². The standard InChI is InChI=1S/C37H42N4O7/c42-34(40-46)19-7-4-10-22-47-32-18-12-17-31(24-32)37(45)39-38-25-28-13-11-14-29(23-28)26-41-27-33(30-15-5-3-6-16-30)48-36(44)21-9-2-1-8-20-35(41)43/h1-3,5-6,11-18,23-25,33,46H,4,7-10,19-22,26-27H2,(H,39,45)(H,40,42)/b2-1+,38-25+/t33-/m0/s1. The molecule has 0 aromatic heterocycles. The van der Waals surface area contributed by atoms with E-state index in [1.165, 1.54) is 6.21 Å². The lowest BCUT2D eigenvalue weighted by atomic mass is 10.1. The minimum atomic E-state index is -0.595. The number of nitrogens with one attached hydrogen (secondary N) is 2. The number of unbranched alkanes of at least 4 members (excludes halogenated alkanes) is 2. The van der Waals surface area contributed by atoms with Gasteiger partial charge in [0.05, 0.1) is 19.4 Å². The van der Waals surface area contributed by atoms with E-state index in [4.69, 9.17) is 14.7 Å². The molecule has 0 spiro atoms. The molecule has 0 fully saturated rings. The summed E-state index contributed by atoms with van der Waals surface area (Å²) in [5.74, 6) is -0.611. The third-order valence-corrected chi connectivity index (χ3v) is 7.63. The van der Waals surface area contributed by atoms with Gasteiger partial charge in [0.15, 0.2) is 0 Å². The van der Waals surface area contributed by atoms with Crippen LogP contribution < -0.4 is 15.6 Å². The second kappa shape index (κ2) is 19.4. The van der Waals surface area contributed by atoms with E-state index in [1.54, 1.807) is 34.6 Å². The van der Waals surface area contributed by atoms with Crippen LogP contribution >= 0.6 is 0 Å². The number of carbonyl (C=O) groups excluding carboxylic acids is 4. The van der Waals surface area contributed by atoms with E-state index in [-0.39, 0.29) is 31.3 Å². The predicted octanol–water partition coefficient (Wildman–Crippen LogP) is 5.64. The predicted molar refractivity (Wildman–Crippen MR) is 180 cm³/mol. The summed E-state index contributed by atoms with van der Waals surface area (Å²) in [5, 5.41) is 12.7. The molecule has 1 aliphatic rings. The summed E-state index contributed by atoms with van der Waals surface area (Å²) in [4.78, 5) is 51.5. The number of allylic oxidation sites excluding steroid dienone is 2. The van der Waals surface area contributed by atoms with Gasteiger partial charge in [-0.2, -0.15) is 5.10 Å². The molecule has 0 saturated heterocycles. The molecule has 11 heteroatoms. The number of rotatable bonds is 13. The Balaban J connectivity index is 1.35. The zero-order valence-electron chi connectivity index (χ0n) is 26.9. The Hall–Kier alpha value is -5.29. The van der Waals surface area contributed by atoms with Gasteiger partial charge >= 0.3 is 5.97 Å². The van der Waals surface area contributed by atoms with E-state index < -0.39 is 17.9 Å². The first-order valence-corrected chi connectivity index (χ1v) is 16.2. The van der Waals surface area contributed by atoms with Gasteiger partial charge < -0.3 is 14.4 Å².